The Morgan fingerprint density at radius 1 is 1.03 bits per heavy atom. The lowest BCUT2D eigenvalue weighted by Crippen LogP contribution is -2.46. The molecule has 2 heterocycles. The molecule has 7 nitrogen and oxygen atoms in total. The van der Waals surface area contributed by atoms with Crippen LogP contribution < -0.4 is 0 Å². The molecule has 30 heavy (non-hydrogen) atoms. The van der Waals surface area contributed by atoms with Gasteiger partial charge in [0.25, 0.3) is 11.8 Å². The van der Waals surface area contributed by atoms with E-state index >= 15 is 0 Å². The van der Waals surface area contributed by atoms with E-state index in [1.54, 1.807) is 42.5 Å². The van der Waals surface area contributed by atoms with Crippen molar-refractivity contribution >= 4 is 41.1 Å². The first-order valence-electron chi connectivity index (χ1n) is 9.35. The fourth-order valence-corrected chi connectivity index (χ4v) is 4.20. The standard InChI is InChI=1S/C21H18Cl2N2O5/c22-16-6-5-13(11-17(16)23)21(7-8-24(20(28)29)9-10-30-21)12-25-18(26)14-3-1-2-4-15(14)19(25)27/h1-6,11H,7-10,12H2,(H,28,29)/t21-/m1/s1. The van der Waals surface area contributed by atoms with Gasteiger partial charge in [-0.3, -0.25) is 14.5 Å². The summed E-state index contributed by atoms with van der Waals surface area (Å²) >= 11 is 12.3. The number of ether oxygens (including phenoxy) is 1. The summed E-state index contributed by atoms with van der Waals surface area (Å²) in [7, 11) is 0. The number of halogens is 2. The third-order valence-electron chi connectivity index (χ3n) is 5.53. The molecule has 3 amide bonds. The molecule has 4 rings (SSSR count). The Kier molecular flexibility index (Phi) is 5.44. The van der Waals surface area contributed by atoms with Crippen molar-refractivity contribution in [2.24, 2.45) is 0 Å². The van der Waals surface area contributed by atoms with Crippen molar-refractivity contribution in [3.63, 3.8) is 0 Å². The van der Waals surface area contributed by atoms with E-state index in [1.807, 2.05) is 0 Å². The largest absolute Gasteiger partial charge is 0.465 e. The molecule has 0 aliphatic carbocycles. The molecule has 2 aromatic carbocycles. The van der Waals surface area contributed by atoms with Crippen molar-refractivity contribution in [2.45, 2.75) is 12.0 Å². The number of carbonyl (C=O) groups excluding carboxylic acids is 2. The van der Waals surface area contributed by atoms with Gasteiger partial charge in [-0.05, 0) is 29.8 Å². The first kappa shape index (κ1) is 20.7. The van der Waals surface area contributed by atoms with E-state index in [0.29, 0.717) is 26.7 Å². The highest BCUT2D eigenvalue weighted by Crippen LogP contribution is 2.38. The van der Waals surface area contributed by atoms with Crippen LogP contribution in [0, 0.1) is 0 Å². The van der Waals surface area contributed by atoms with Gasteiger partial charge in [0.2, 0.25) is 0 Å². The monoisotopic (exact) mass is 448 g/mol. The van der Waals surface area contributed by atoms with Crippen LogP contribution in [0.5, 0.6) is 0 Å². The van der Waals surface area contributed by atoms with Crippen LogP contribution in [0.25, 0.3) is 0 Å². The van der Waals surface area contributed by atoms with Gasteiger partial charge >= 0.3 is 6.09 Å². The maximum absolute atomic E-state index is 12.9. The molecule has 1 fully saturated rings. The predicted molar refractivity (Wildman–Crippen MR) is 110 cm³/mol. The summed E-state index contributed by atoms with van der Waals surface area (Å²) in [5, 5.41) is 10.0. The number of fused-ring (bicyclic) bond motifs is 1. The molecule has 1 saturated heterocycles. The van der Waals surface area contributed by atoms with Crippen LogP contribution in [-0.2, 0) is 10.3 Å². The van der Waals surface area contributed by atoms with Crippen molar-refractivity contribution < 1.29 is 24.2 Å². The summed E-state index contributed by atoms with van der Waals surface area (Å²) < 4.78 is 6.16. The van der Waals surface area contributed by atoms with E-state index in [0.717, 1.165) is 4.90 Å². The van der Waals surface area contributed by atoms with Gasteiger partial charge in [-0.2, -0.15) is 0 Å². The summed E-state index contributed by atoms with van der Waals surface area (Å²) in [6.45, 7) is 0.403. The van der Waals surface area contributed by atoms with E-state index in [9.17, 15) is 19.5 Å². The second-order valence-corrected chi connectivity index (χ2v) is 8.05. The highest BCUT2D eigenvalue weighted by molar-refractivity contribution is 6.42. The summed E-state index contributed by atoms with van der Waals surface area (Å²) in [6, 6.07) is 11.6. The van der Waals surface area contributed by atoms with E-state index in [4.69, 9.17) is 27.9 Å². The number of rotatable bonds is 3. The molecule has 0 saturated carbocycles. The topological polar surface area (TPSA) is 87.2 Å². The first-order chi connectivity index (χ1) is 14.3. The Labute approximate surface area is 182 Å². The van der Waals surface area contributed by atoms with Crippen LogP contribution in [0.1, 0.15) is 32.7 Å². The minimum atomic E-state index is -1.12. The molecule has 1 atom stereocenters. The molecule has 2 aliphatic heterocycles. The number of carbonyl (C=O) groups is 3. The molecule has 0 radical (unpaired) electrons. The van der Waals surface area contributed by atoms with Crippen LogP contribution in [0.3, 0.4) is 0 Å². The number of amides is 3. The van der Waals surface area contributed by atoms with Gasteiger partial charge in [-0.1, -0.05) is 41.4 Å². The molecular formula is C21H18Cl2N2O5. The second-order valence-electron chi connectivity index (χ2n) is 7.23. The van der Waals surface area contributed by atoms with Crippen molar-refractivity contribution in [3.05, 3.63) is 69.2 Å². The highest BCUT2D eigenvalue weighted by atomic mass is 35.5. The van der Waals surface area contributed by atoms with Crippen LogP contribution in [0.15, 0.2) is 42.5 Å². The van der Waals surface area contributed by atoms with Gasteiger partial charge in [-0.15, -0.1) is 0 Å². The smallest absolute Gasteiger partial charge is 0.407 e. The van der Waals surface area contributed by atoms with Gasteiger partial charge in [0.05, 0.1) is 34.3 Å². The van der Waals surface area contributed by atoms with Gasteiger partial charge in [0.15, 0.2) is 0 Å². The van der Waals surface area contributed by atoms with E-state index in [-0.39, 0.29) is 32.7 Å². The minimum Gasteiger partial charge on any atom is -0.465 e. The second kappa shape index (κ2) is 7.91. The number of imide groups is 1. The molecule has 0 unspecified atom stereocenters. The van der Waals surface area contributed by atoms with Crippen LogP contribution in [-0.4, -0.2) is 59.1 Å². The van der Waals surface area contributed by atoms with E-state index < -0.39 is 23.5 Å². The maximum atomic E-state index is 12.9. The minimum absolute atomic E-state index is 0.0647. The van der Waals surface area contributed by atoms with Crippen molar-refractivity contribution in [1.82, 2.24) is 9.80 Å². The summed E-state index contributed by atoms with van der Waals surface area (Å²) in [5.74, 6) is -0.809. The molecule has 2 aliphatic rings. The van der Waals surface area contributed by atoms with Crippen LogP contribution in [0.4, 0.5) is 4.79 Å². The lowest BCUT2D eigenvalue weighted by Gasteiger charge is -2.36. The normalized spacial score (nSPS) is 21.5. The maximum Gasteiger partial charge on any atom is 0.407 e. The number of nitrogens with zero attached hydrogens (tertiary/aromatic N) is 2. The number of hydrogen-bond donors (Lipinski definition) is 1. The van der Waals surface area contributed by atoms with Gasteiger partial charge in [0.1, 0.15) is 5.60 Å². The zero-order chi connectivity index (χ0) is 21.5. The number of carboxylic acid groups (broad SMARTS) is 1. The zero-order valence-electron chi connectivity index (χ0n) is 15.8. The summed E-state index contributed by atoms with van der Waals surface area (Å²) in [5.41, 5.74) is 0.187. The summed E-state index contributed by atoms with van der Waals surface area (Å²) in [4.78, 5) is 39.7. The average Bonchev–Trinajstić information content (AvgIpc) is 2.89. The Morgan fingerprint density at radius 2 is 1.70 bits per heavy atom. The quantitative estimate of drug-likeness (QED) is 0.719. The third-order valence-corrected chi connectivity index (χ3v) is 6.27. The van der Waals surface area contributed by atoms with Gasteiger partial charge in [0, 0.05) is 19.5 Å². The highest BCUT2D eigenvalue weighted by Gasteiger charge is 2.44. The Morgan fingerprint density at radius 3 is 2.30 bits per heavy atom. The fraction of sp³-hybridized carbons (Fsp3) is 0.286. The number of hydrogen-bond acceptors (Lipinski definition) is 4. The Bertz CT molecular complexity index is 1010. The fourth-order valence-electron chi connectivity index (χ4n) is 3.90. The number of benzene rings is 2. The van der Waals surface area contributed by atoms with Crippen molar-refractivity contribution in [3.8, 4) is 0 Å². The Balaban J connectivity index is 1.73. The zero-order valence-corrected chi connectivity index (χ0v) is 17.3. The SMILES string of the molecule is O=C(O)N1CCO[C@](CN2C(=O)c3ccccc3C2=O)(c2ccc(Cl)c(Cl)c2)CC1. The first-order valence-corrected chi connectivity index (χ1v) is 10.1. The van der Waals surface area contributed by atoms with Gasteiger partial charge < -0.3 is 14.7 Å². The Hall–Kier alpha value is -2.61. The van der Waals surface area contributed by atoms with Gasteiger partial charge in [-0.25, -0.2) is 4.79 Å². The molecular weight excluding hydrogens is 431 g/mol. The molecule has 0 aromatic heterocycles. The molecule has 0 bridgehead atoms. The van der Waals surface area contributed by atoms with Crippen molar-refractivity contribution in [2.75, 3.05) is 26.2 Å². The third kappa shape index (κ3) is 3.53. The molecule has 0 spiro atoms. The lowest BCUT2D eigenvalue weighted by atomic mass is 9.89. The van der Waals surface area contributed by atoms with Crippen molar-refractivity contribution in [1.29, 1.82) is 0 Å². The molecule has 156 valence electrons. The predicted octanol–water partition coefficient (Wildman–Crippen LogP) is 3.89. The molecule has 2 aromatic rings. The van der Waals surface area contributed by atoms with Crippen LogP contribution >= 0.6 is 23.2 Å². The lowest BCUT2D eigenvalue weighted by molar-refractivity contribution is -0.0564. The summed E-state index contributed by atoms with van der Waals surface area (Å²) in [6.07, 6.45) is -0.811. The van der Waals surface area contributed by atoms with E-state index in [2.05, 4.69) is 0 Å². The molecule has 1 N–H and O–H groups in total. The van der Waals surface area contributed by atoms with Crippen LogP contribution in [0.2, 0.25) is 10.0 Å². The molecule has 9 heteroatoms. The average molecular weight is 449 g/mol. The van der Waals surface area contributed by atoms with E-state index in [1.165, 1.54) is 4.90 Å².